The Morgan fingerprint density at radius 2 is 1.78 bits per heavy atom. The van der Waals surface area contributed by atoms with Crippen LogP contribution < -0.4 is 10.6 Å². The van der Waals surface area contributed by atoms with Crippen LogP contribution in [0.5, 0.6) is 0 Å². The maximum Gasteiger partial charge on any atom is 0.244 e. The first-order valence-electron chi connectivity index (χ1n) is 12.4. The van der Waals surface area contributed by atoms with Crippen molar-refractivity contribution in [1.82, 2.24) is 30.5 Å². The largest absolute Gasteiger partial charge is 0.394 e. The third kappa shape index (κ3) is 4.27. The summed E-state index contributed by atoms with van der Waals surface area (Å²) in [5, 5.41) is 24.3. The fourth-order valence-electron chi connectivity index (χ4n) is 5.76. The van der Waals surface area contributed by atoms with Crippen molar-refractivity contribution in [1.29, 1.82) is 0 Å². The van der Waals surface area contributed by atoms with E-state index in [1.165, 1.54) is 4.90 Å². The van der Waals surface area contributed by atoms with E-state index in [0.717, 1.165) is 5.52 Å². The highest BCUT2D eigenvalue weighted by atomic mass is 16.3. The van der Waals surface area contributed by atoms with Gasteiger partial charge < -0.3 is 20.6 Å². The molecule has 3 aromatic rings. The minimum Gasteiger partial charge on any atom is -0.394 e. The van der Waals surface area contributed by atoms with Crippen molar-refractivity contribution in [3.8, 4) is 0 Å². The number of allylic oxidation sites excluding steroid dienone is 1. The molecule has 0 unspecified atom stereocenters. The number of carbonyl (C=O) groups excluding carboxylic acids is 3. The lowest BCUT2D eigenvalue weighted by Gasteiger charge is -2.33. The summed E-state index contributed by atoms with van der Waals surface area (Å²) in [5.74, 6) is -3.00. The lowest BCUT2D eigenvalue weighted by atomic mass is 9.70. The van der Waals surface area contributed by atoms with Gasteiger partial charge in [0.05, 0.1) is 30.0 Å². The van der Waals surface area contributed by atoms with Crippen LogP contribution in [0.3, 0.4) is 0 Å². The van der Waals surface area contributed by atoms with Crippen LogP contribution in [0.1, 0.15) is 18.5 Å². The van der Waals surface area contributed by atoms with Gasteiger partial charge in [-0.05, 0) is 23.6 Å². The number of amides is 3. The first kappa shape index (κ1) is 24.6. The van der Waals surface area contributed by atoms with E-state index < -0.39 is 29.8 Å². The Morgan fingerprint density at radius 1 is 1.05 bits per heavy atom. The van der Waals surface area contributed by atoms with Crippen LogP contribution in [-0.2, 0) is 21.1 Å². The molecule has 2 heterocycles. The summed E-state index contributed by atoms with van der Waals surface area (Å²) < 4.78 is 1.58. The topological polar surface area (TPSA) is 129 Å². The van der Waals surface area contributed by atoms with Gasteiger partial charge >= 0.3 is 0 Å². The van der Waals surface area contributed by atoms with Gasteiger partial charge in [0.2, 0.25) is 17.7 Å². The summed E-state index contributed by atoms with van der Waals surface area (Å²) >= 11 is 0. The summed E-state index contributed by atoms with van der Waals surface area (Å²) in [4.78, 5) is 42.1. The molecule has 1 fully saturated rings. The number of aromatic nitrogens is 3. The van der Waals surface area contributed by atoms with Gasteiger partial charge in [0, 0.05) is 13.0 Å². The number of aliphatic hydroxyl groups is 1. The van der Waals surface area contributed by atoms with Crippen molar-refractivity contribution >= 4 is 28.8 Å². The number of carbonyl (C=O) groups is 3. The molecule has 1 aliphatic heterocycles. The van der Waals surface area contributed by atoms with Crippen LogP contribution in [0.2, 0.25) is 0 Å². The molecule has 0 saturated carbocycles. The molecule has 1 aromatic heterocycles. The molecule has 3 amide bonds. The number of benzene rings is 2. The SMILES string of the molecule is CNC(=O)[C@H]1[C@@H]2C(=O)N([C@H](CO)c3ccccc3)[C@H](C(=O)NCn3nnc4ccccc43)[C@H]2C=C[C@H]1C. The third-order valence-electron chi connectivity index (χ3n) is 7.54. The monoisotopic (exact) mass is 502 g/mol. The fourth-order valence-corrected chi connectivity index (χ4v) is 5.76. The zero-order valence-electron chi connectivity index (χ0n) is 20.7. The molecular formula is C27H30N6O4. The standard InChI is InChI=1S/C27H30N6O4/c1-16-12-13-18-23(22(16)25(35)28-2)27(37)33(21(14-34)17-8-4-3-5-9-17)24(18)26(36)29-15-32-20-11-7-6-10-19(20)30-31-32/h3-13,16,18,21-24,34H,14-15H2,1-2H3,(H,28,35)(H,29,36)/t16-,18+,21-,22-,23-,24+/m1/s1. The first-order valence-corrected chi connectivity index (χ1v) is 12.4. The van der Waals surface area contributed by atoms with Gasteiger partial charge in [-0.3, -0.25) is 14.4 Å². The highest BCUT2D eigenvalue weighted by Gasteiger charge is 2.58. The summed E-state index contributed by atoms with van der Waals surface area (Å²) in [6, 6.07) is 14.9. The maximum atomic E-state index is 14.0. The summed E-state index contributed by atoms with van der Waals surface area (Å²) in [6.07, 6.45) is 3.78. The van der Waals surface area contributed by atoms with E-state index in [4.69, 9.17) is 0 Å². The molecule has 5 rings (SSSR count). The molecule has 1 saturated heterocycles. The molecule has 2 aromatic carbocycles. The minimum atomic E-state index is -0.916. The van der Waals surface area contributed by atoms with Crippen LogP contribution in [-0.4, -0.2) is 62.4 Å². The first-order chi connectivity index (χ1) is 18.0. The molecule has 0 bridgehead atoms. The van der Waals surface area contributed by atoms with E-state index in [2.05, 4.69) is 20.9 Å². The van der Waals surface area contributed by atoms with Gasteiger partial charge in [0.25, 0.3) is 0 Å². The lowest BCUT2D eigenvalue weighted by Crippen LogP contribution is -2.49. The average Bonchev–Trinajstić information content (AvgIpc) is 3.47. The molecule has 1 aliphatic carbocycles. The van der Waals surface area contributed by atoms with Gasteiger partial charge in [-0.2, -0.15) is 0 Å². The second kappa shape index (κ2) is 10.1. The van der Waals surface area contributed by atoms with Gasteiger partial charge in [0.15, 0.2) is 0 Å². The lowest BCUT2D eigenvalue weighted by molar-refractivity contribution is -0.143. The van der Waals surface area contributed by atoms with Crippen LogP contribution in [0.4, 0.5) is 0 Å². The molecule has 37 heavy (non-hydrogen) atoms. The smallest absolute Gasteiger partial charge is 0.244 e. The second-order valence-corrected chi connectivity index (χ2v) is 9.56. The van der Waals surface area contributed by atoms with E-state index in [1.807, 2.05) is 73.7 Å². The number of hydrogen-bond acceptors (Lipinski definition) is 6. The van der Waals surface area contributed by atoms with Crippen molar-refractivity contribution < 1.29 is 19.5 Å². The number of para-hydroxylation sites is 1. The van der Waals surface area contributed by atoms with Crippen molar-refractivity contribution in [3.63, 3.8) is 0 Å². The molecule has 192 valence electrons. The van der Waals surface area contributed by atoms with Crippen molar-refractivity contribution in [2.24, 2.45) is 23.7 Å². The maximum absolute atomic E-state index is 14.0. The zero-order chi connectivity index (χ0) is 26.1. The summed E-state index contributed by atoms with van der Waals surface area (Å²) in [6.45, 7) is 1.59. The number of hydrogen-bond donors (Lipinski definition) is 3. The van der Waals surface area contributed by atoms with Gasteiger partial charge in [-0.1, -0.05) is 66.8 Å². The number of rotatable bonds is 7. The Labute approximate surface area is 214 Å². The average molecular weight is 503 g/mol. The van der Waals surface area contributed by atoms with E-state index >= 15 is 0 Å². The molecule has 3 N–H and O–H groups in total. The molecule has 0 radical (unpaired) electrons. The number of likely N-dealkylation sites (tertiary alicyclic amines) is 1. The Kier molecular flexibility index (Phi) is 6.75. The van der Waals surface area contributed by atoms with Crippen LogP contribution in [0.25, 0.3) is 11.0 Å². The molecule has 10 heteroatoms. The number of nitrogens with one attached hydrogen (secondary N) is 2. The van der Waals surface area contributed by atoms with Crippen LogP contribution >= 0.6 is 0 Å². The zero-order valence-corrected chi connectivity index (χ0v) is 20.7. The molecule has 10 nitrogen and oxygen atoms in total. The highest BCUT2D eigenvalue weighted by Crippen LogP contribution is 2.46. The van der Waals surface area contributed by atoms with Gasteiger partial charge in [-0.25, -0.2) is 4.68 Å². The van der Waals surface area contributed by atoms with Gasteiger partial charge in [-0.15, -0.1) is 5.10 Å². The van der Waals surface area contributed by atoms with Crippen LogP contribution in [0, 0.1) is 23.7 Å². The predicted octanol–water partition coefficient (Wildman–Crippen LogP) is 1.25. The quantitative estimate of drug-likeness (QED) is 0.417. The van der Waals surface area contributed by atoms with Crippen molar-refractivity contribution in [3.05, 3.63) is 72.3 Å². The second-order valence-electron chi connectivity index (χ2n) is 9.56. The fraction of sp³-hybridized carbons (Fsp3) is 0.370. The Morgan fingerprint density at radius 3 is 2.51 bits per heavy atom. The Bertz CT molecular complexity index is 1340. The number of nitrogens with zero attached hydrogens (tertiary/aromatic N) is 4. The van der Waals surface area contributed by atoms with Gasteiger partial charge in [0.1, 0.15) is 18.2 Å². The molecule has 6 atom stereocenters. The van der Waals surface area contributed by atoms with E-state index in [-0.39, 0.29) is 36.9 Å². The predicted molar refractivity (Wildman–Crippen MR) is 135 cm³/mol. The molecular weight excluding hydrogens is 472 g/mol. The van der Waals surface area contributed by atoms with Crippen molar-refractivity contribution in [2.45, 2.75) is 25.7 Å². The minimum absolute atomic E-state index is 0.0589. The highest BCUT2D eigenvalue weighted by molar-refractivity contribution is 5.97. The summed E-state index contributed by atoms with van der Waals surface area (Å²) in [5.41, 5.74) is 2.19. The Hall–Kier alpha value is -4.05. The van der Waals surface area contributed by atoms with E-state index in [9.17, 15) is 19.5 Å². The number of aliphatic hydroxyl groups excluding tert-OH is 1. The molecule has 0 spiro atoms. The Balaban J connectivity index is 1.51. The normalized spacial score (nSPS) is 25.6. The molecule has 2 aliphatic rings. The van der Waals surface area contributed by atoms with Crippen LogP contribution in [0.15, 0.2) is 66.7 Å². The van der Waals surface area contributed by atoms with E-state index in [0.29, 0.717) is 11.1 Å². The number of fused-ring (bicyclic) bond motifs is 2. The van der Waals surface area contributed by atoms with E-state index in [1.54, 1.807) is 11.7 Å². The summed E-state index contributed by atoms with van der Waals surface area (Å²) in [7, 11) is 1.55. The van der Waals surface area contributed by atoms with Crippen molar-refractivity contribution in [2.75, 3.05) is 13.7 Å². The third-order valence-corrected chi connectivity index (χ3v) is 7.54.